The Kier molecular flexibility index (Phi) is 4.57. The molecule has 1 unspecified atom stereocenters. The van der Waals surface area contributed by atoms with Crippen LogP contribution in [-0.2, 0) is 11.2 Å². The maximum atomic E-state index is 12.1. The molecule has 0 N–H and O–H groups in total. The Morgan fingerprint density at radius 2 is 2.10 bits per heavy atom. The first kappa shape index (κ1) is 14.8. The molecule has 0 aliphatic carbocycles. The van der Waals surface area contributed by atoms with Crippen LogP contribution >= 0.6 is 0 Å². The molecular formula is C15H23N3O2. The van der Waals surface area contributed by atoms with Gasteiger partial charge in [-0.25, -0.2) is 14.8 Å². The van der Waals surface area contributed by atoms with Crippen molar-refractivity contribution in [2.75, 3.05) is 13.1 Å². The van der Waals surface area contributed by atoms with Crippen LogP contribution in [0.15, 0.2) is 18.5 Å². The minimum atomic E-state index is -0.438. The Morgan fingerprint density at radius 1 is 1.40 bits per heavy atom. The molecule has 1 fully saturated rings. The van der Waals surface area contributed by atoms with Crippen molar-refractivity contribution in [2.24, 2.45) is 5.92 Å². The number of nitrogens with zero attached hydrogens (tertiary/aromatic N) is 3. The molecule has 1 atom stereocenters. The summed E-state index contributed by atoms with van der Waals surface area (Å²) in [6, 6.07) is 1.82. The molecule has 1 amide bonds. The molecule has 0 spiro atoms. The number of hydrogen-bond acceptors (Lipinski definition) is 4. The highest BCUT2D eigenvalue weighted by Crippen LogP contribution is 2.21. The van der Waals surface area contributed by atoms with E-state index in [2.05, 4.69) is 9.97 Å². The van der Waals surface area contributed by atoms with Crippen LogP contribution in [0.3, 0.4) is 0 Å². The van der Waals surface area contributed by atoms with Crippen molar-refractivity contribution in [2.45, 2.75) is 45.6 Å². The van der Waals surface area contributed by atoms with Crippen LogP contribution in [0.25, 0.3) is 0 Å². The van der Waals surface area contributed by atoms with Gasteiger partial charge in [-0.15, -0.1) is 0 Å². The van der Waals surface area contributed by atoms with E-state index in [-0.39, 0.29) is 6.09 Å². The zero-order chi connectivity index (χ0) is 14.6. The first-order chi connectivity index (χ1) is 9.44. The number of amides is 1. The smallest absolute Gasteiger partial charge is 0.410 e. The average Bonchev–Trinajstić information content (AvgIpc) is 2.38. The van der Waals surface area contributed by atoms with Gasteiger partial charge < -0.3 is 9.64 Å². The second kappa shape index (κ2) is 6.20. The third kappa shape index (κ3) is 4.47. The fourth-order valence-corrected chi connectivity index (χ4v) is 2.42. The lowest BCUT2D eigenvalue weighted by atomic mass is 9.95. The highest BCUT2D eigenvalue weighted by molar-refractivity contribution is 5.68. The number of aromatic nitrogens is 2. The highest BCUT2D eigenvalue weighted by atomic mass is 16.6. The van der Waals surface area contributed by atoms with E-state index in [1.807, 2.05) is 31.7 Å². The van der Waals surface area contributed by atoms with Gasteiger partial charge in [0.1, 0.15) is 11.4 Å². The quantitative estimate of drug-likeness (QED) is 0.834. The Morgan fingerprint density at radius 3 is 2.75 bits per heavy atom. The standard InChI is InChI=1S/C15H23N3O2/c1-15(2,3)20-14(19)18-9-4-6-12(11-18)10-13-16-7-5-8-17-13/h5,7-8,12H,4,6,9-11H2,1-3H3. The number of hydrogen-bond donors (Lipinski definition) is 0. The Hall–Kier alpha value is -1.65. The van der Waals surface area contributed by atoms with Gasteiger partial charge in [-0.3, -0.25) is 0 Å². The van der Waals surface area contributed by atoms with Crippen molar-refractivity contribution < 1.29 is 9.53 Å². The molecule has 2 rings (SSSR count). The third-order valence-electron chi connectivity index (χ3n) is 3.26. The summed E-state index contributed by atoms with van der Waals surface area (Å²) in [5.74, 6) is 1.27. The van der Waals surface area contributed by atoms with Crippen LogP contribution in [0.4, 0.5) is 4.79 Å². The lowest BCUT2D eigenvalue weighted by molar-refractivity contribution is 0.0165. The van der Waals surface area contributed by atoms with Gasteiger partial charge in [0.2, 0.25) is 0 Å². The summed E-state index contributed by atoms with van der Waals surface area (Å²) < 4.78 is 5.43. The minimum absolute atomic E-state index is 0.212. The second-order valence-corrected chi connectivity index (χ2v) is 6.30. The molecule has 5 heteroatoms. The lowest BCUT2D eigenvalue weighted by Gasteiger charge is -2.33. The molecule has 5 nitrogen and oxygen atoms in total. The molecule has 0 aromatic carbocycles. The number of piperidine rings is 1. The predicted octanol–water partition coefficient (Wildman–Crippen LogP) is 2.67. The van der Waals surface area contributed by atoms with Crippen molar-refractivity contribution in [3.05, 3.63) is 24.3 Å². The van der Waals surface area contributed by atoms with E-state index in [9.17, 15) is 4.79 Å². The number of carbonyl (C=O) groups excluding carboxylic acids is 1. The van der Waals surface area contributed by atoms with Gasteiger partial charge in [0.05, 0.1) is 0 Å². The third-order valence-corrected chi connectivity index (χ3v) is 3.26. The van der Waals surface area contributed by atoms with E-state index >= 15 is 0 Å². The number of likely N-dealkylation sites (tertiary alicyclic amines) is 1. The Labute approximate surface area is 120 Å². The van der Waals surface area contributed by atoms with Crippen LogP contribution in [-0.4, -0.2) is 39.7 Å². The highest BCUT2D eigenvalue weighted by Gasteiger charge is 2.27. The van der Waals surface area contributed by atoms with Gasteiger partial charge in [0.25, 0.3) is 0 Å². The van der Waals surface area contributed by atoms with Gasteiger partial charge in [0.15, 0.2) is 0 Å². The largest absolute Gasteiger partial charge is 0.444 e. The van der Waals surface area contributed by atoms with Crippen molar-refractivity contribution in [1.29, 1.82) is 0 Å². The van der Waals surface area contributed by atoms with E-state index in [1.165, 1.54) is 0 Å². The molecule has 1 aromatic heterocycles. The van der Waals surface area contributed by atoms with E-state index in [1.54, 1.807) is 12.4 Å². The summed E-state index contributed by atoms with van der Waals surface area (Å²) >= 11 is 0. The van der Waals surface area contributed by atoms with E-state index in [0.29, 0.717) is 5.92 Å². The normalized spacial score (nSPS) is 19.8. The van der Waals surface area contributed by atoms with E-state index in [4.69, 9.17) is 4.74 Å². The molecule has 1 saturated heterocycles. The van der Waals surface area contributed by atoms with Crippen LogP contribution in [0.1, 0.15) is 39.4 Å². The van der Waals surface area contributed by atoms with Crippen molar-refractivity contribution >= 4 is 6.09 Å². The fraction of sp³-hybridized carbons (Fsp3) is 0.667. The molecule has 1 aliphatic heterocycles. The maximum absolute atomic E-state index is 12.1. The molecule has 1 aromatic rings. The first-order valence-corrected chi connectivity index (χ1v) is 7.18. The molecule has 0 radical (unpaired) electrons. The monoisotopic (exact) mass is 277 g/mol. The molecule has 2 heterocycles. The summed E-state index contributed by atoms with van der Waals surface area (Å²) in [6.07, 6.45) is 6.25. The summed E-state index contributed by atoms with van der Waals surface area (Å²) in [6.45, 7) is 7.19. The fourth-order valence-electron chi connectivity index (χ4n) is 2.42. The summed E-state index contributed by atoms with van der Waals surface area (Å²) in [5, 5.41) is 0. The number of carbonyl (C=O) groups is 1. The Bertz CT molecular complexity index is 442. The van der Waals surface area contributed by atoms with Crippen LogP contribution < -0.4 is 0 Å². The topological polar surface area (TPSA) is 55.3 Å². The van der Waals surface area contributed by atoms with Crippen molar-refractivity contribution in [3.8, 4) is 0 Å². The van der Waals surface area contributed by atoms with E-state index < -0.39 is 5.60 Å². The summed E-state index contributed by atoms with van der Waals surface area (Å²) in [4.78, 5) is 22.4. The zero-order valence-electron chi connectivity index (χ0n) is 12.5. The van der Waals surface area contributed by atoms with Crippen LogP contribution in [0, 0.1) is 5.92 Å². The van der Waals surface area contributed by atoms with Gasteiger partial charge in [-0.05, 0) is 45.6 Å². The molecule has 0 bridgehead atoms. The average molecular weight is 277 g/mol. The maximum Gasteiger partial charge on any atom is 0.410 e. The number of rotatable bonds is 2. The van der Waals surface area contributed by atoms with Gasteiger partial charge in [-0.1, -0.05) is 0 Å². The SMILES string of the molecule is CC(C)(C)OC(=O)N1CCCC(Cc2ncccn2)C1. The Balaban J connectivity index is 1.90. The van der Waals surface area contributed by atoms with Gasteiger partial charge >= 0.3 is 6.09 Å². The van der Waals surface area contributed by atoms with Crippen molar-refractivity contribution in [1.82, 2.24) is 14.9 Å². The molecule has 0 saturated carbocycles. The van der Waals surface area contributed by atoms with Crippen molar-refractivity contribution in [3.63, 3.8) is 0 Å². The van der Waals surface area contributed by atoms with Gasteiger partial charge in [0, 0.05) is 31.9 Å². The van der Waals surface area contributed by atoms with Crippen LogP contribution in [0.2, 0.25) is 0 Å². The molecule has 110 valence electrons. The van der Waals surface area contributed by atoms with Gasteiger partial charge in [-0.2, -0.15) is 0 Å². The summed E-state index contributed by atoms with van der Waals surface area (Å²) in [7, 11) is 0. The van der Waals surface area contributed by atoms with Crippen LogP contribution in [0.5, 0.6) is 0 Å². The second-order valence-electron chi connectivity index (χ2n) is 6.30. The molecule has 1 aliphatic rings. The summed E-state index contributed by atoms with van der Waals surface area (Å²) in [5.41, 5.74) is -0.438. The molecule has 20 heavy (non-hydrogen) atoms. The molecular weight excluding hydrogens is 254 g/mol. The first-order valence-electron chi connectivity index (χ1n) is 7.18. The number of ether oxygens (including phenoxy) is 1. The predicted molar refractivity (Wildman–Crippen MR) is 76.3 cm³/mol. The lowest BCUT2D eigenvalue weighted by Crippen LogP contribution is -2.43. The minimum Gasteiger partial charge on any atom is -0.444 e. The van der Waals surface area contributed by atoms with E-state index in [0.717, 1.165) is 38.2 Å². The zero-order valence-corrected chi connectivity index (χ0v) is 12.5.